The van der Waals surface area contributed by atoms with E-state index in [2.05, 4.69) is 6.07 Å². The zero-order valence-corrected chi connectivity index (χ0v) is 12.5. The van der Waals surface area contributed by atoms with Crippen molar-refractivity contribution in [1.29, 1.82) is 0 Å². The molecule has 0 aliphatic heterocycles. The van der Waals surface area contributed by atoms with Crippen molar-refractivity contribution in [1.82, 2.24) is 0 Å². The van der Waals surface area contributed by atoms with Crippen molar-refractivity contribution in [3.63, 3.8) is 0 Å². The number of rotatable bonds is 4. The summed E-state index contributed by atoms with van der Waals surface area (Å²) in [5.74, 6) is -1.03. The molecule has 0 saturated carbocycles. The first-order valence-electron chi connectivity index (χ1n) is 6.42. The third-order valence-corrected chi connectivity index (χ3v) is 3.80. The van der Waals surface area contributed by atoms with Gasteiger partial charge >= 0.3 is 5.97 Å². The Balaban J connectivity index is 3.38. The van der Waals surface area contributed by atoms with E-state index in [0.717, 1.165) is 22.3 Å². The minimum absolute atomic E-state index is 0.0864. The van der Waals surface area contributed by atoms with Gasteiger partial charge in [-0.05, 0) is 49.9 Å². The van der Waals surface area contributed by atoms with Gasteiger partial charge in [0.25, 0.3) is 0 Å². The van der Waals surface area contributed by atoms with E-state index in [-0.39, 0.29) is 12.2 Å². The molecule has 0 aliphatic carbocycles. The summed E-state index contributed by atoms with van der Waals surface area (Å²) < 4.78 is 0. The maximum atomic E-state index is 12.7. The number of Topliss-reactive ketones (excluding diaryl/α,β-unsaturated/α-hetero) is 1. The number of hydrogen-bond acceptors (Lipinski definition) is 2. The van der Waals surface area contributed by atoms with Crippen LogP contribution < -0.4 is 0 Å². The predicted octanol–water partition coefficient (Wildman–Crippen LogP) is 3.60. The molecule has 0 heterocycles. The Labute approximate surface area is 114 Å². The molecule has 0 unspecified atom stereocenters. The highest BCUT2D eigenvalue weighted by Crippen LogP contribution is 2.31. The molecule has 0 radical (unpaired) electrons. The highest BCUT2D eigenvalue weighted by Gasteiger charge is 2.33. The van der Waals surface area contributed by atoms with E-state index in [0.29, 0.717) is 5.56 Å². The molecule has 0 fully saturated rings. The third-order valence-electron chi connectivity index (χ3n) is 3.80. The molecular weight excluding hydrogens is 240 g/mol. The topological polar surface area (TPSA) is 54.4 Å². The highest BCUT2D eigenvalue weighted by molar-refractivity contribution is 6.04. The van der Waals surface area contributed by atoms with Crippen molar-refractivity contribution in [2.75, 3.05) is 0 Å². The Bertz CT molecular complexity index is 513. The van der Waals surface area contributed by atoms with Crippen LogP contribution in [0, 0.1) is 33.1 Å². The van der Waals surface area contributed by atoms with Crippen LogP contribution in [-0.4, -0.2) is 16.9 Å². The summed E-state index contributed by atoms with van der Waals surface area (Å²) >= 11 is 0. The molecule has 0 amide bonds. The molecule has 19 heavy (non-hydrogen) atoms. The van der Waals surface area contributed by atoms with Crippen LogP contribution in [0.1, 0.15) is 52.9 Å². The van der Waals surface area contributed by atoms with Gasteiger partial charge in [-0.2, -0.15) is 0 Å². The van der Waals surface area contributed by atoms with Gasteiger partial charge in [0.2, 0.25) is 0 Å². The van der Waals surface area contributed by atoms with Crippen molar-refractivity contribution in [2.24, 2.45) is 5.41 Å². The van der Waals surface area contributed by atoms with Crippen molar-refractivity contribution in [3.8, 4) is 0 Å². The summed E-state index contributed by atoms with van der Waals surface area (Å²) in [6, 6.07) is 2.06. The lowest BCUT2D eigenvalue weighted by atomic mass is 9.77. The van der Waals surface area contributed by atoms with Crippen LogP contribution in [0.4, 0.5) is 0 Å². The van der Waals surface area contributed by atoms with Crippen molar-refractivity contribution in [2.45, 2.75) is 48.0 Å². The van der Waals surface area contributed by atoms with Crippen LogP contribution >= 0.6 is 0 Å². The van der Waals surface area contributed by atoms with Gasteiger partial charge in [-0.25, -0.2) is 0 Å². The van der Waals surface area contributed by atoms with Gasteiger partial charge in [-0.15, -0.1) is 0 Å². The van der Waals surface area contributed by atoms with Crippen LogP contribution in [0.2, 0.25) is 0 Å². The molecule has 3 heteroatoms. The first-order chi connectivity index (χ1) is 8.58. The van der Waals surface area contributed by atoms with Gasteiger partial charge in [0, 0.05) is 11.0 Å². The van der Waals surface area contributed by atoms with E-state index >= 15 is 0 Å². The smallest absolute Gasteiger partial charge is 0.304 e. The second-order valence-electron chi connectivity index (χ2n) is 5.92. The van der Waals surface area contributed by atoms with E-state index in [9.17, 15) is 9.59 Å². The van der Waals surface area contributed by atoms with E-state index < -0.39 is 11.4 Å². The maximum absolute atomic E-state index is 12.7. The number of aryl methyl sites for hydroxylation is 2. The Kier molecular flexibility index (Phi) is 4.18. The summed E-state index contributed by atoms with van der Waals surface area (Å²) in [6.45, 7) is 11.2. The number of carboxylic acids is 1. The fourth-order valence-electron chi connectivity index (χ4n) is 2.35. The summed E-state index contributed by atoms with van der Waals surface area (Å²) in [6.07, 6.45) is -0.155. The van der Waals surface area contributed by atoms with Gasteiger partial charge in [0.1, 0.15) is 0 Å². The fraction of sp³-hybridized carbons (Fsp3) is 0.500. The zero-order chi connectivity index (χ0) is 15.0. The quantitative estimate of drug-likeness (QED) is 0.843. The lowest BCUT2D eigenvalue weighted by Gasteiger charge is -2.24. The number of ketones is 1. The molecule has 0 aliphatic rings. The van der Waals surface area contributed by atoms with Crippen LogP contribution in [0.5, 0.6) is 0 Å². The second kappa shape index (κ2) is 5.16. The molecule has 104 valence electrons. The van der Waals surface area contributed by atoms with Gasteiger partial charge in [-0.3, -0.25) is 9.59 Å². The number of carbonyl (C=O) groups excluding carboxylic acids is 1. The van der Waals surface area contributed by atoms with Gasteiger partial charge in [0.05, 0.1) is 6.42 Å². The van der Waals surface area contributed by atoms with E-state index in [1.54, 1.807) is 13.8 Å². The van der Waals surface area contributed by atoms with Crippen LogP contribution in [0.25, 0.3) is 0 Å². The monoisotopic (exact) mass is 262 g/mol. The highest BCUT2D eigenvalue weighted by atomic mass is 16.4. The number of aliphatic carboxylic acids is 1. The third kappa shape index (κ3) is 3.03. The van der Waals surface area contributed by atoms with Crippen LogP contribution in [0.15, 0.2) is 6.07 Å². The maximum Gasteiger partial charge on any atom is 0.304 e. The van der Waals surface area contributed by atoms with E-state index in [4.69, 9.17) is 5.11 Å². The van der Waals surface area contributed by atoms with Gasteiger partial charge in [0.15, 0.2) is 5.78 Å². The summed E-state index contributed by atoms with van der Waals surface area (Å²) in [7, 11) is 0. The lowest BCUT2D eigenvalue weighted by Crippen LogP contribution is -2.29. The number of hydrogen-bond donors (Lipinski definition) is 1. The van der Waals surface area contributed by atoms with Crippen LogP contribution in [0.3, 0.4) is 0 Å². The predicted molar refractivity (Wildman–Crippen MR) is 75.8 cm³/mol. The van der Waals surface area contributed by atoms with Gasteiger partial charge < -0.3 is 5.11 Å². The number of carboxylic acid groups (broad SMARTS) is 1. The molecule has 0 bridgehead atoms. The molecule has 0 atom stereocenters. The molecule has 1 rings (SSSR count). The van der Waals surface area contributed by atoms with Crippen molar-refractivity contribution < 1.29 is 14.7 Å². The minimum atomic E-state index is -0.946. The zero-order valence-electron chi connectivity index (χ0n) is 12.5. The Morgan fingerprint density at radius 3 is 1.84 bits per heavy atom. The molecular formula is C16H22O3. The Morgan fingerprint density at radius 1 is 1.05 bits per heavy atom. The summed E-state index contributed by atoms with van der Waals surface area (Å²) in [5.41, 5.74) is 3.83. The van der Waals surface area contributed by atoms with E-state index in [1.807, 2.05) is 27.7 Å². The van der Waals surface area contributed by atoms with E-state index in [1.165, 1.54) is 0 Å². The molecule has 0 saturated heterocycles. The van der Waals surface area contributed by atoms with Crippen molar-refractivity contribution in [3.05, 3.63) is 33.9 Å². The standard InChI is InChI=1S/C16H22O3/c1-9-7-10(2)12(4)14(11(9)3)15(19)16(5,6)8-13(17)18/h7H,8H2,1-6H3,(H,17,18). The molecule has 1 N–H and O–H groups in total. The number of benzene rings is 1. The number of carbonyl (C=O) groups is 2. The first-order valence-corrected chi connectivity index (χ1v) is 6.42. The molecule has 0 aromatic heterocycles. The van der Waals surface area contributed by atoms with Crippen molar-refractivity contribution >= 4 is 11.8 Å². The molecule has 3 nitrogen and oxygen atoms in total. The second-order valence-corrected chi connectivity index (χ2v) is 5.92. The fourth-order valence-corrected chi connectivity index (χ4v) is 2.35. The molecule has 1 aromatic rings. The van der Waals surface area contributed by atoms with Gasteiger partial charge in [-0.1, -0.05) is 19.9 Å². The molecule has 0 spiro atoms. The first kappa shape index (κ1) is 15.4. The average molecular weight is 262 g/mol. The molecule has 1 aromatic carbocycles. The minimum Gasteiger partial charge on any atom is -0.481 e. The lowest BCUT2D eigenvalue weighted by molar-refractivity contribution is -0.138. The Hall–Kier alpha value is -1.64. The largest absolute Gasteiger partial charge is 0.481 e. The normalized spacial score (nSPS) is 11.5. The average Bonchev–Trinajstić information content (AvgIpc) is 2.25. The summed E-state index contributed by atoms with van der Waals surface area (Å²) in [5, 5.41) is 8.94. The SMILES string of the molecule is Cc1cc(C)c(C)c(C(=O)C(C)(C)CC(=O)O)c1C. The van der Waals surface area contributed by atoms with Crippen LogP contribution in [-0.2, 0) is 4.79 Å². The Morgan fingerprint density at radius 2 is 1.47 bits per heavy atom. The summed E-state index contributed by atoms with van der Waals surface area (Å²) in [4.78, 5) is 23.6.